The number of nitrogens with zero attached hydrogens (tertiary/aromatic N) is 3. The van der Waals surface area contributed by atoms with E-state index in [9.17, 15) is 4.79 Å². The SMILES string of the molecule is O=C(NCCN1CCOCC1)c1ccc(Nc2ccc(Cl)cc2)nn1. The van der Waals surface area contributed by atoms with E-state index < -0.39 is 0 Å². The van der Waals surface area contributed by atoms with E-state index in [1.165, 1.54) is 0 Å². The van der Waals surface area contributed by atoms with Crippen molar-refractivity contribution in [2.45, 2.75) is 0 Å². The quantitative estimate of drug-likeness (QED) is 0.818. The number of carbonyl (C=O) groups excluding carboxylic acids is 1. The predicted molar refractivity (Wildman–Crippen MR) is 96.4 cm³/mol. The number of hydrogen-bond acceptors (Lipinski definition) is 6. The van der Waals surface area contributed by atoms with Crippen molar-refractivity contribution in [1.82, 2.24) is 20.4 Å². The monoisotopic (exact) mass is 361 g/mol. The standard InChI is InChI=1S/C17H20ClN5O2/c18-13-1-3-14(4-2-13)20-16-6-5-15(21-22-16)17(24)19-7-8-23-9-11-25-12-10-23/h1-6H,7-12H2,(H,19,24)(H,20,22). The van der Waals surface area contributed by atoms with Gasteiger partial charge in [0.25, 0.3) is 5.91 Å². The van der Waals surface area contributed by atoms with Gasteiger partial charge in [0, 0.05) is 36.9 Å². The molecule has 0 bridgehead atoms. The highest BCUT2D eigenvalue weighted by Gasteiger charge is 2.12. The molecule has 1 aromatic heterocycles. The zero-order valence-electron chi connectivity index (χ0n) is 13.7. The van der Waals surface area contributed by atoms with Gasteiger partial charge in [-0.2, -0.15) is 0 Å². The molecule has 0 spiro atoms. The third-order valence-corrected chi connectivity index (χ3v) is 4.08. The topological polar surface area (TPSA) is 79.4 Å². The van der Waals surface area contributed by atoms with Gasteiger partial charge < -0.3 is 15.4 Å². The first-order chi connectivity index (χ1) is 12.2. The number of benzene rings is 1. The van der Waals surface area contributed by atoms with Gasteiger partial charge in [0.2, 0.25) is 0 Å². The zero-order chi connectivity index (χ0) is 17.5. The summed E-state index contributed by atoms with van der Waals surface area (Å²) in [5.74, 6) is 0.339. The van der Waals surface area contributed by atoms with Gasteiger partial charge in [-0.15, -0.1) is 10.2 Å². The van der Waals surface area contributed by atoms with Crippen LogP contribution in [-0.4, -0.2) is 60.4 Å². The van der Waals surface area contributed by atoms with Gasteiger partial charge in [0.1, 0.15) is 0 Å². The molecular formula is C17H20ClN5O2. The number of nitrogens with one attached hydrogen (secondary N) is 2. The normalized spacial score (nSPS) is 14.9. The largest absolute Gasteiger partial charge is 0.379 e. The van der Waals surface area contributed by atoms with Crippen LogP contribution in [0.15, 0.2) is 36.4 Å². The van der Waals surface area contributed by atoms with Crippen LogP contribution in [0, 0.1) is 0 Å². The first kappa shape index (κ1) is 17.6. The van der Waals surface area contributed by atoms with Crippen molar-refractivity contribution < 1.29 is 9.53 Å². The third-order valence-electron chi connectivity index (χ3n) is 3.83. The summed E-state index contributed by atoms with van der Waals surface area (Å²) in [5, 5.41) is 14.6. The van der Waals surface area contributed by atoms with Gasteiger partial charge in [0.15, 0.2) is 11.5 Å². The maximum absolute atomic E-state index is 12.1. The lowest BCUT2D eigenvalue weighted by Crippen LogP contribution is -2.41. The first-order valence-corrected chi connectivity index (χ1v) is 8.53. The Morgan fingerprint density at radius 1 is 1.12 bits per heavy atom. The van der Waals surface area contributed by atoms with E-state index in [-0.39, 0.29) is 5.91 Å². The van der Waals surface area contributed by atoms with Crippen LogP contribution in [0.3, 0.4) is 0 Å². The molecule has 1 saturated heterocycles. The van der Waals surface area contributed by atoms with Gasteiger partial charge in [-0.25, -0.2) is 0 Å². The lowest BCUT2D eigenvalue weighted by molar-refractivity contribution is 0.0383. The molecule has 2 aromatic rings. The van der Waals surface area contributed by atoms with Crippen molar-refractivity contribution >= 4 is 29.0 Å². The highest BCUT2D eigenvalue weighted by molar-refractivity contribution is 6.30. The molecule has 0 unspecified atom stereocenters. The molecule has 8 heteroatoms. The van der Waals surface area contributed by atoms with Crippen molar-refractivity contribution in [2.24, 2.45) is 0 Å². The Hall–Kier alpha value is -2.22. The highest BCUT2D eigenvalue weighted by Crippen LogP contribution is 2.17. The average Bonchev–Trinajstić information content (AvgIpc) is 2.65. The smallest absolute Gasteiger partial charge is 0.271 e. The summed E-state index contributed by atoms with van der Waals surface area (Å²) in [6.45, 7) is 4.69. The fourth-order valence-corrected chi connectivity index (χ4v) is 2.57. The van der Waals surface area contributed by atoms with Crippen molar-refractivity contribution in [2.75, 3.05) is 44.7 Å². The Morgan fingerprint density at radius 3 is 2.56 bits per heavy atom. The molecule has 25 heavy (non-hydrogen) atoms. The second-order valence-corrected chi connectivity index (χ2v) is 6.08. The van der Waals surface area contributed by atoms with Crippen LogP contribution in [0.1, 0.15) is 10.5 Å². The van der Waals surface area contributed by atoms with Crippen LogP contribution in [0.2, 0.25) is 5.02 Å². The first-order valence-electron chi connectivity index (χ1n) is 8.15. The molecule has 1 amide bonds. The van der Waals surface area contributed by atoms with Gasteiger partial charge in [-0.3, -0.25) is 9.69 Å². The lowest BCUT2D eigenvalue weighted by Gasteiger charge is -2.26. The minimum absolute atomic E-state index is 0.223. The van der Waals surface area contributed by atoms with Crippen molar-refractivity contribution in [3.8, 4) is 0 Å². The summed E-state index contributed by atoms with van der Waals surface area (Å²) in [6, 6.07) is 10.6. The molecule has 7 nitrogen and oxygen atoms in total. The maximum atomic E-state index is 12.1. The molecule has 1 aliphatic rings. The number of halogens is 1. The maximum Gasteiger partial charge on any atom is 0.271 e. The summed E-state index contributed by atoms with van der Waals surface area (Å²) >= 11 is 5.85. The fraction of sp³-hybridized carbons (Fsp3) is 0.353. The summed E-state index contributed by atoms with van der Waals surface area (Å²) in [5.41, 5.74) is 1.14. The number of ether oxygens (including phenoxy) is 1. The number of morpholine rings is 1. The molecule has 0 saturated carbocycles. The van der Waals surface area contributed by atoms with Gasteiger partial charge in [-0.05, 0) is 36.4 Å². The Labute approximate surface area is 151 Å². The van der Waals surface area contributed by atoms with E-state index in [0.29, 0.717) is 23.1 Å². The molecule has 2 N–H and O–H groups in total. The number of hydrogen-bond donors (Lipinski definition) is 2. The summed E-state index contributed by atoms with van der Waals surface area (Å²) < 4.78 is 5.30. The van der Waals surface area contributed by atoms with E-state index in [1.807, 2.05) is 12.1 Å². The minimum atomic E-state index is -0.223. The minimum Gasteiger partial charge on any atom is -0.379 e. The van der Waals surface area contributed by atoms with Gasteiger partial charge >= 0.3 is 0 Å². The van der Waals surface area contributed by atoms with Crippen LogP contribution in [0.5, 0.6) is 0 Å². The van der Waals surface area contributed by atoms with Crippen LogP contribution in [0.25, 0.3) is 0 Å². The molecule has 132 valence electrons. The van der Waals surface area contributed by atoms with E-state index in [4.69, 9.17) is 16.3 Å². The van der Waals surface area contributed by atoms with Gasteiger partial charge in [-0.1, -0.05) is 11.6 Å². The molecule has 1 fully saturated rings. The van der Waals surface area contributed by atoms with Crippen LogP contribution < -0.4 is 10.6 Å². The fourth-order valence-electron chi connectivity index (χ4n) is 2.44. The van der Waals surface area contributed by atoms with Crippen molar-refractivity contribution in [3.05, 3.63) is 47.1 Å². The number of aromatic nitrogens is 2. The average molecular weight is 362 g/mol. The van der Waals surface area contributed by atoms with Crippen LogP contribution in [0.4, 0.5) is 11.5 Å². The number of rotatable bonds is 6. The summed E-state index contributed by atoms with van der Waals surface area (Å²) in [7, 11) is 0. The zero-order valence-corrected chi connectivity index (χ0v) is 14.5. The van der Waals surface area contributed by atoms with Crippen LogP contribution in [-0.2, 0) is 4.74 Å². The van der Waals surface area contributed by atoms with E-state index >= 15 is 0 Å². The lowest BCUT2D eigenvalue weighted by atomic mass is 10.3. The molecule has 0 aliphatic carbocycles. The van der Waals surface area contributed by atoms with E-state index in [2.05, 4.69) is 25.7 Å². The van der Waals surface area contributed by atoms with Crippen molar-refractivity contribution in [3.63, 3.8) is 0 Å². The predicted octanol–water partition coefficient (Wildman–Crippen LogP) is 1.94. The second kappa shape index (κ2) is 8.75. The number of amides is 1. The molecule has 2 heterocycles. The summed E-state index contributed by atoms with van der Waals surface area (Å²) in [6.07, 6.45) is 0. The third kappa shape index (κ3) is 5.38. The number of carbonyl (C=O) groups is 1. The number of anilines is 2. The highest BCUT2D eigenvalue weighted by atomic mass is 35.5. The molecule has 3 rings (SSSR count). The Balaban J connectivity index is 1.47. The van der Waals surface area contributed by atoms with E-state index in [1.54, 1.807) is 24.3 Å². The second-order valence-electron chi connectivity index (χ2n) is 5.65. The Kier molecular flexibility index (Phi) is 6.16. The Bertz CT molecular complexity index is 687. The van der Waals surface area contributed by atoms with E-state index in [0.717, 1.165) is 38.5 Å². The Morgan fingerprint density at radius 2 is 1.88 bits per heavy atom. The van der Waals surface area contributed by atoms with Gasteiger partial charge in [0.05, 0.1) is 13.2 Å². The summed E-state index contributed by atoms with van der Waals surface area (Å²) in [4.78, 5) is 14.4. The molecular weight excluding hydrogens is 342 g/mol. The van der Waals surface area contributed by atoms with Crippen LogP contribution >= 0.6 is 11.6 Å². The van der Waals surface area contributed by atoms with Crippen molar-refractivity contribution in [1.29, 1.82) is 0 Å². The molecule has 0 radical (unpaired) electrons. The molecule has 0 atom stereocenters. The molecule has 1 aromatic carbocycles. The molecule has 1 aliphatic heterocycles.